The fourth-order valence-electron chi connectivity index (χ4n) is 3.04. The highest BCUT2D eigenvalue weighted by Gasteiger charge is 2.26. The van der Waals surface area contributed by atoms with Crippen LogP contribution in [0.3, 0.4) is 0 Å². The molecule has 1 saturated heterocycles. The molecule has 1 N–H and O–H groups in total. The van der Waals surface area contributed by atoms with Crippen molar-refractivity contribution in [2.45, 2.75) is 6.42 Å². The topological polar surface area (TPSA) is 43.8 Å². The highest BCUT2D eigenvalue weighted by molar-refractivity contribution is 5.97. The Balaban J connectivity index is 1.56. The second-order valence-electron chi connectivity index (χ2n) is 6.15. The Bertz CT molecular complexity index is 721. The van der Waals surface area contributed by atoms with Gasteiger partial charge in [0.25, 0.3) is 5.91 Å². The molecule has 0 unspecified atom stereocenters. The highest BCUT2D eigenvalue weighted by atomic mass is 19.1. The summed E-state index contributed by atoms with van der Waals surface area (Å²) in [6, 6.07) is 11.5. The van der Waals surface area contributed by atoms with Gasteiger partial charge in [0.1, 0.15) is 22.9 Å². The van der Waals surface area contributed by atoms with Crippen molar-refractivity contribution in [1.82, 2.24) is 9.80 Å². The minimum Gasteiger partial charge on any atom is -0.507 e. The summed E-state index contributed by atoms with van der Waals surface area (Å²) in [6.45, 7) is 3.15. The van der Waals surface area contributed by atoms with Gasteiger partial charge in [-0.25, -0.2) is 8.78 Å². The van der Waals surface area contributed by atoms with Crippen LogP contribution in [0.25, 0.3) is 0 Å². The van der Waals surface area contributed by atoms with E-state index in [0.29, 0.717) is 32.2 Å². The molecule has 0 radical (unpaired) electrons. The standard InChI is InChI=1S/C19H20F2N2O2/c20-15-12-16(21)18(17(24)13-15)19(25)23-10-8-22(9-11-23)7-6-14-4-2-1-3-5-14/h1-5,12-13,24H,6-11H2. The van der Waals surface area contributed by atoms with Gasteiger partial charge in [0.05, 0.1) is 0 Å². The predicted octanol–water partition coefficient (Wildman–Crippen LogP) is 2.67. The van der Waals surface area contributed by atoms with E-state index in [1.54, 1.807) is 0 Å². The van der Waals surface area contributed by atoms with Crippen molar-refractivity contribution in [3.05, 3.63) is 65.2 Å². The van der Waals surface area contributed by atoms with E-state index in [9.17, 15) is 18.7 Å². The molecule has 25 heavy (non-hydrogen) atoms. The molecule has 1 heterocycles. The molecule has 0 spiro atoms. The molecular formula is C19H20F2N2O2. The summed E-state index contributed by atoms with van der Waals surface area (Å²) >= 11 is 0. The summed E-state index contributed by atoms with van der Waals surface area (Å²) in [6.07, 6.45) is 0.933. The number of benzene rings is 2. The van der Waals surface area contributed by atoms with Crippen LogP contribution in [0.4, 0.5) is 8.78 Å². The van der Waals surface area contributed by atoms with Crippen molar-refractivity contribution in [3.63, 3.8) is 0 Å². The van der Waals surface area contributed by atoms with Crippen molar-refractivity contribution in [1.29, 1.82) is 0 Å². The number of carbonyl (C=O) groups is 1. The van der Waals surface area contributed by atoms with Gasteiger partial charge >= 0.3 is 0 Å². The summed E-state index contributed by atoms with van der Waals surface area (Å²) in [5.41, 5.74) is 0.804. The lowest BCUT2D eigenvalue weighted by atomic mass is 10.1. The zero-order chi connectivity index (χ0) is 17.8. The van der Waals surface area contributed by atoms with Gasteiger partial charge in [-0.05, 0) is 12.0 Å². The van der Waals surface area contributed by atoms with E-state index in [-0.39, 0.29) is 0 Å². The molecule has 0 aliphatic carbocycles. The SMILES string of the molecule is O=C(c1c(O)cc(F)cc1F)N1CCN(CCc2ccccc2)CC1. The van der Waals surface area contributed by atoms with E-state index in [1.807, 2.05) is 18.2 Å². The zero-order valence-electron chi connectivity index (χ0n) is 13.8. The summed E-state index contributed by atoms with van der Waals surface area (Å²) in [7, 11) is 0. The van der Waals surface area contributed by atoms with Gasteiger partial charge in [0.15, 0.2) is 0 Å². The summed E-state index contributed by atoms with van der Waals surface area (Å²) < 4.78 is 26.9. The third-order valence-electron chi connectivity index (χ3n) is 4.47. The third-order valence-corrected chi connectivity index (χ3v) is 4.47. The van der Waals surface area contributed by atoms with E-state index >= 15 is 0 Å². The van der Waals surface area contributed by atoms with Crippen molar-refractivity contribution in [2.75, 3.05) is 32.7 Å². The maximum absolute atomic E-state index is 13.8. The number of piperazine rings is 1. The molecule has 2 aromatic carbocycles. The first kappa shape index (κ1) is 17.4. The van der Waals surface area contributed by atoms with Gasteiger partial charge in [0.2, 0.25) is 0 Å². The smallest absolute Gasteiger partial charge is 0.260 e. The van der Waals surface area contributed by atoms with Crippen LogP contribution in [0.1, 0.15) is 15.9 Å². The number of rotatable bonds is 4. The largest absolute Gasteiger partial charge is 0.507 e. The highest BCUT2D eigenvalue weighted by Crippen LogP contribution is 2.24. The first-order valence-electron chi connectivity index (χ1n) is 8.28. The van der Waals surface area contributed by atoms with E-state index in [0.717, 1.165) is 19.0 Å². The van der Waals surface area contributed by atoms with E-state index < -0.39 is 28.9 Å². The van der Waals surface area contributed by atoms with Gasteiger partial charge in [-0.15, -0.1) is 0 Å². The van der Waals surface area contributed by atoms with Crippen molar-refractivity contribution in [2.24, 2.45) is 0 Å². The summed E-state index contributed by atoms with van der Waals surface area (Å²) in [4.78, 5) is 16.2. The number of hydrogen-bond donors (Lipinski definition) is 1. The maximum atomic E-state index is 13.8. The van der Waals surface area contributed by atoms with Crippen molar-refractivity contribution >= 4 is 5.91 Å². The molecule has 132 valence electrons. The monoisotopic (exact) mass is 346 g/mol. The number of carbonyl (C=O) groups excluding carboxylic acids is 1. The Morgan fingerprint density at radius 3 is 2.36 bits per heavy atom. The minimum atomic E-state index is -1.03. The Hall–Kier alpha value is -2.47. The molecule has 1 amide bonds. The Morgan fingerprint density at radius 2 is 1.72 bits per heavy atom. The molecule has 0 aromatic heterocycles. The minimum absolute atomic E-state index is 0.448. The lowest BCUT2D eigenvalue weighted by Crippen LogP contribution is -2.49. The third kappa shape index (κ3) is 4.14. The Morgan fingerprint density at radius 1 is 1.04 bits per heavy atom. The van der Waals surface area contributed by atoms with Crippen LogP contribution in [0.5, 0.6) is 5.75 Å². The number of phenolic OH excluding ortho intramolecular Hbond substituents is 1. The summed E-state index contributed by atoms with van der Waals surface area (Å²) in [5.74, 6) is -3.20. The number of halogens is 2. The van der Waals surface area contributed by atoms with E-state index in [4.69, 9.17) is 0 Å². The number of aromatic hydroxyl groups is 1. The molecule has 1 fully saturated rings. The molecule has 4 nitrogen and oxygen atoms in total. The lowest BCUT2D eigenvalue weighted by molar-refractivity contribution is 0.0630. The predicted molar refractivity (Wildman–Crippen MR) is 90.5 cm³/mol. The summed E-state index contributed by atoms with van der Waals surface area (Å²) in [5, 5.41) is 9.70. The second-order valence-corrected chi connectivity index (χ2v) is 6.15. The van der Waals surface area contributed by atoms with E-state index in [1.165, 1.54) is 10.5 Å². The van der Waals surface area contributed by atoms with Gasteiger partial charge < -0.3 is 10.0 Å². The van der Waals surface area contributed by atoms with Gasteiger partial charge in [-0.2, -0.15) is 0 Å². The molecule has 6 heteroatoms. The molecule has 3 rings (SSSR count). The molecule has 0 saturated carbocycles. The number of amides is 1. The molecule has 2 aromatic rings. The Labute approximate surface area is 145 Å². The molecule has 0 atom stereocenters. The lowest BCUT2D eigenvalue weighted by Gasteiger charge is -2.34. The molecule has 1 aliphatic rings. The zero-order valence-corrected chi connectivity index (χ0v) is 13.8. The molecular weight excluding hydrogens is 326 g/mol. The maximum Gasteiger partial charge on any atom is 0.260 e. The average molecular weight is 346 g/mol. The van der Waals surface area contributed by atoms with Gasteiger partial charge in [-0.1, -0.05) is 30.3 Å². The normalized spacial score (nSPS) is 15.4. The van der Waals surface area contributed by atoms with Crippen molar-refractivity contribution in [3.8, 4) is 5.75 Å². The van der Waals surface area contributed by atoms with Crippen LogP contribution in [-0.4, -0.2) is 53.5 Å². The van der Waals surface area contributed by atoms with Crippen LogP contribution in [0.15, 0.2) is 42.5 Å². The van der Waals surface area contributed by atoms with E-state index in [2.05, 4.69) is 17.0 Å². The van der Waals surface area contributed by atoms with Gasteiger partial charge in [-0.3, -0.25) is 9.69 Å². The number of nitrogens with zero attached hydrogens (tertiary/aromatic N) is 2. The first-order valence-corrected chi connectivity index (χ1v) is 8.28. The van der Waals surface area contributed by atoms with Crippen LogP contribution in [0.2, 0.25) is 0 Å². The van der Waals surface area contributed by atoms with Crippen LogP contribution < -0.4 is 0 Å². The number of phenols is 1. The Kier molecular flexibility index (Phi) is 5.28. The molecule has 1 aliphatic heterocycles. The first-order chi connectivity index (χ1) is 12.0. The van der Waals surface area contributed by atoms with Crippen LogP contribution >= 0.6 is 0 Å². The van der Waals surface area contributed by atoms with Crippen molar-refractivity contribution < 1.29 is 18.7 Å². The van der Waals surface area contributed by atoms with Gasteiger partial charge in [0, 0.05) is 44.9 Å². The van der Waals surface area contributed by atoms with Crippen LogP contribution in [0, 0.1) is 11.6 Å². The molecule has 0 bridgehead atoms. The second kappa shape index (κ2) is 7.61. The fourth-order valence-corrected chi connectivity index (χ4v) is 3.04. The van der Waals surface area contributed by atoms with Crippen LogP contribution in [-0.2, 0) is 6.42 Å². The quantitative estimate of drug-likeness (QED) is 0.926. The fraction of sp³-hybridized carbons (Fsp3) is 0.316. The average Bonchev–Trinajstić information content (AvgIpc) is 2.60. The number of hydrogen-bond acceptors (Lipinski definition) is 3.